The number of hydrogen-bond donors (Lipinski definition) is 1. The van der Waals surface area contributed by atoms with E-state index in [4.69, 9.17) is 5.73 Å². The van der Waals surface area contributed by atoms with Crippen molar-refractivity contribution in [3.63, 3.8) is 0 Å². The molecule has 0 bridgehead atoms. The molecule has 0 aliphatic carbocycles. The number of aromatic nitrogens is 3. The summed E-state index contributed by atoms with van der Waals surface area (Å²) in [6, 6.07) is 9.73. The minimum absolute atomic E-state index is 0.214. The Labute approximate surface area is 105 Å². The Morgan fingerprint density at radius 1 is 0.944 bits per heavy atom. The highest BCUT2D eigenvalue weighted by molar-refractivity contribution is 5.85. The van der Waals surface area contributed by atoms with Crippen molar-refractivity contribution < 1.29 is 0 Å². The quantitative estimate of drug-likeness (QED) is 0.739. The van der Waals surface area contributed by atoms with E-state index < -0.39 is 0 Å². The van der Waals surface area contributed by atoms with Crippen LogP contribution in [0.4, 0.5) is 0 Å². The molecule has 1 aromatic carbocycles. The third-order valence-corrected chi connectivity index (χ3v) is 3.02. The second kappa shape index (κ2) is 4.50. The van der Waals surface area contributed by atoms with Gasteiger partial charge in [-0.3, -0.25) is 4.98 Å². The van der Waals surface area contributed by atoms with E-state index in [0.717, 1.165) is 21.9 Å². The van der Waals surface area contributed by atoms with Crippen molar-refractivity contribution in [2.45, 2.75) is 6.04 Å². The first-order valence-electron chi connectivity index (χ1n) is 5.71. The molecule has 2 heterocycles. The van der Waals surface area contributed by atoms with E-state index >= 15 is 0 Å². The van der Waals surface area contributed by atoms with Crippen LogP contribution in [0.2, 0.25) is 0 Å². The van der Waals surface area contributed by atoms with Crippen LogP contribution < -0.4 is 5.73 Å². The lowest BCUT2D eigenvalue weighted by molar-refractivity contribution is 0.853. The second-order valence-electron chi connectivity index (χ2n) is 4.10. The van der Waals surface area contributed by atoms with E-state index in [2.05, 4.69) is 21.2 Å². The van der Waals surface area contributed by atoms with E-state index in [0.29, 0.717) is 0 Å². The molecule has 4 heteroatoms. The molecule has 3 rings (SSSR count). The zero-order chi connectivity index (χ0) is 12.4. The minimum Gasteiger partial charge on any atom is -0.320 e. The van der Waals surface area contributed by atoms with Gasteiger partial charge in [0.1, 0.15) is 0 Å². The molecule has 0 fully saturated rings. The van der Waals surface area contributed by atoms with Crippen LogP contribution in [0.15, 0.2) is 55.1 Å². The minimum atomic E-state index is -0.214. The number of hydrogen-bond acceptors (Lipinski definition) is 4. The molecule has 2 N–H and O–H groups in total. The molecule has 0 saturated heterocycles. The number of nitrogens with zero attached hydrogens (tertiary/aromatic N) is 3. The largest absolute Gasteiger partial charge is 0.320 e. The third-order valence-electron chi connectivity index (χ3n) is 3.02. The van der Waals surface area contributed by atoms with E-state index in [1.54, 1.807) is 18.6 Å². The van der Waals surface area contributed by atoms with Gasteiger partial charge in [-0.25, -0.2) is 0 Å². The summed E-state index contributed by atoms with van der Waals surface area (Å²) in [4.78, 5) is 4.17. The SMILES string of the molecule is NC(c1ccnnc1)c1cccc2ccncc12. The highest BCUT2D eigenvalue weighted by atomic mass is 15.1. The van der Waals surface area contributed by atoms with Crippen molar-refractivity contribution in [1.82, 2.24) is 15.2 Å². The zero-order valence-electron chi connectivity index (χ0n) is 9.69. The lowest BCUT2D eigenvalue weighted by Crippen LogP contribution is -2.12. The van der Waals surface area contributed by atoms with Gasteiger partial charge in [0, 0.05) is 24.0 Å². The van der Waals surface area contributed by atoms with Gasteiger partial charge < -0.3 is 5.73 Å². The number of pyridine rings is 1. The molecule has 88 valence electrons. The van der Waals surface area contributed by atoms with Gasteiger partial charge in [-0.15, -0.1) is 0 Å². The van der Waals surface area contributed by atoms with Gasteiger partial charge in [0.25, 0.3) is 0 Å². The smallest absolute Gasteiger partial charge is 0.0574 e. The summed E-state index contributed by atoms with van der Waals surface area (Å²) in [5, 5.41) is 9.84. The topological polar surface area (TPSA) is 64.7 Å². The molecule has 0 saturated carbocycles. The maximum absolute atomic E-state index is 6.29. The summed E-state index contributed by atoms with van der Waals surface area (Å²) in [6.45, 7) is 0. The van der Waals surface area contributed by atoms with Gasteiger partial charge in [-0.2, -0.15) is 10.2 Å². The number of benzene rings is 1. The molecule has 18 heavy (non-hydrogen) atoms. The van der Waals surface area contributed by atoms with Gasteiger partial charge in [0.2, 0.25) is 0 Å². The molecule has 4 nitrogen and oxygen atoms in total. The monoisotopic (exact) mass is 236 g/mol. The molecule has 0 amide bonds. The van der Waals surface area contributed by atoms with Crippen LogP contribution in [0.3, 0.4) is 0 Å². The highest BCUT2D eigenvalue weighted by Gasteiger charge is 2.12. The highest BCUT2D eigenvalue weighted by Crippen LogP contribution is 2.25. The maximum atomic E-state index is 6.29. The summed E-state index contributed by atoms with van der Waals surface area (Å²) < 4.78 is 0. The van der Waals surface area contributed by atoms with Crippen LogP contribution in [0.25, 0.3) is 10.8 Å². The van der Waals surface area contributed by atoms with Gasteiger partial charge in [-0.05, 0) is 28.6 Å². The Morgan fingerprint density at radius 3 is 2.72 bits per heavy atom. The van der Waals surface area contributed by atoms with E-state index in [1.807, 2.05) is 30.5 Å². The summed E-state index contributed by atoms with van der Waals surface area (Å²) in [5.74, 6) is 0. The van der Waals surface area contributed by atoms with Crippen molar-refractivity contribution >= 4 is 10.8 Å². The lowest BCUT2D eigenvalue weighted by Gasteiger charge is -2.14. The first-order valence-corrected chi connectivity index (χ1v) is 5.71. The number of fused-ring (bicyclic) bond motifs is 1. The average Bonchev–Trinajstić information content (AvgIpc) is 2.47. The molecular weight excluding hydrogens is 224 g/mol. The molecule has 0 aliphatic rings. The number of nitrogens with two attached hydrogens (primary N) is 1. The summed E-state index contributed by atoms with van der Waals surface area (Å²) in [7, 11) is 0. The van der Waals surface area contributed by atoms with Crippen molar-refractivity contribution in [3.05, 3.63) is 66.2 Å². The normalized spacial score (nSPS) is 12.5. The van der Waals surface area contributed by atoms with Crippen LogP contribution in [0.1, 0.15) is 17.2 Å². The van der Waals surface area contributed by atoms with Crippen molar-refractivity contribution in [3.8, 4) is 0 Å². The molecule has 0 spiro atoms. The fourth-order valence-corrected chi connectivity index (χ4v) is 2.07. The zero-order valence-corrected chi connectivity index (χ0v) is 9.69. The van der Waals surface area contributed by atoms with Gasteiger partial charge in [-0.1, -0.05) is 18.2 Å². The van der Waals surface area contributed by atoms with E-state index in [1.165, 1.54) is 0 Å². The van der Waals surface area contributed by atoms with Crippen LogP contribution >= 0.6 is 0 Å². The number of rotatable bonds is 2. The Morgan fingerprint density at radius 2 is 1.89 bits per heavy atom. The molecule has 3 aromatic rings. The maximum Gasteiger partial charge on any atom is 0.0574 e. The van der Waals surface area contributed by atoms with Crippen LogP contribution in [-0.2, 0) is 0 Å². The Hall–Kier alpha value is -2.33. The van der Waals surface area contributed by atoms with Crippen LogP contribution in [-0.4, -0.2) is 15.2 Å². The molecule has 0 aliphatic heterocycles. The molecular formula is C14H12N4. The van der Waals surface area contributed by atoms with E-state index in [-0.39, 0.29) is 6.04 Å². The lowest BCUT2D eigenvalue weighted by atomic mass is 9.97. The van der Waals surface area contributed by atoms with Gasteiger partial charge in [0.05, 0.1) is 12.2 Å². The average molecular weight is 236 g/mol. The Bertz CT molecular complexity index is 661. The standard InChI is InChI=1S/C14H12N4/c15-14(11-5-7-17-18-8-11)12-3-1-2-10-4-6-16-9-13(10)12/h1-9,14H,15H2. The van der Waals surface area contributed by atoms with E-state index in [9.17, 15) is 0 Å². The second-order valence-corrected chi connectivity index (χ2v) is 4.10. The van der Waals surface area contributed by atoms with Crippen LogP contribution in [0.5, 0.6) is 0 Å². The van der Waals surface area contributed by atoms with Crippen molar-refractivity contribution in [1.29, 1.82) is 0 Å². The molecule has 2 aromatic heterocycles. The Kier molecular flexibility index (Phi) is 2.70. The molecule has 1 unspecified atom stereocenters. The van der Waals surface area contributed by atoms with Crippen molar-refractivity contribution in [2.75, 3.05) is 0 Å². The summed E-state index contributed by atoms with van der Waals surface area (Å²) in [6.07, 6.45) is 6.98. The van der Waals surface area contributed by atoms with Gasteiger partial charge >= 0.3 is 0 Å². The van der Waals surface area contributed by atoms with Crippen molar-refractivity contribution in [2.24, 2.45) is 5.73 Å². The first-order chi connectivity index (χ1) is 8.86. The van der Waals surface area contributed by atoms with Crippen LogP contribution in [0, 0.1) is 0 Å². The third kappa shape index (κ3) is 1.83. The van der Waals surface area contributed by atoms with Gasteiger partial charge in [0.15, 0.2) is 0 Å². The Balaban J connectivity index is 2.15. The fourth-order valence-electron chi connectivity index (χ4n) is 2.07. The first kappa shape index (κ1) is 10.8. The fraction of sp³-hybridized carbons (Fsp3) is 0.0714. The summed E-state index contributed by atoms with van der Waals surface area (Å²) in [5.41, 5.74) is 8.28. The predicted molar refractivity (Wildman–Crippen MR) is 69.8 cm³/mol. The molecule has 0 radical (unpaired) electrons. The molecule has 1 atom stereocenters. The summed E-state index contributed by atoms with van der Waals surface area (Å²) >= 11 is 0. The predicted octanol–water partition coefficient (Wildman–Crippen LogP) is 2.07.